The summed E-state index contributed by atoms with van der Waals surface area (Å²) in [4.78, 5) is 23.6. The number of benzene rings is 2. The fraction of sp³-hybridized carbons (Fsp3) is 0.263. The number of ether oxygens (including phenoxy) is 2. The lowest BCUT2D eigenvalue weighted by molar-refractivity contribution is -0.114. The highest BCUT2D eigenvalue weighted by Crippen LogP contribution is 2.29. The number of hydrogen-bond acceptors (Lipinski definition) is 4. The average Bonchev–Trinajstić information content (AvgIpc) is 2.57. The zero-order valence-corrected chi connectivity index (χ0v) is 15.1. The predicted molar refractivity (Wildman–Crippen MR) is 97.4 cm³/mol. The van der Waals surface area contributed by atoms with Gasteiger partial charge in [-0.1, -0.05) is 0 Å². The number of methoxy groups -OCH3 is 1. The van der Waals surface area contributed by atoms with Crippen LogP contribution in [-0.4, -0.2) is 25.0 Å². The van der Waals surface area contributed by atoms with E-state index in [1.54, 1.807) is 18.2 Å². The van der Waals surface area contributed by atoms with Crippen molar-refractivity contribution >= 4 is 23.2 Å². The summed E-state index contributed by atoms with van der Waals surface area (Å²) in [7, 11) is 1.49. The smallest absolute Gasteiger partial charge is 0.255 e. The molecular formula is C19H21FN2O4. The van der Waals surface area contributed by atoms with Crippen LogP contribution in [0, 0.1) is 5.82 Å². The molecule has 0 aliphatic heterocycles. The van der Waals surface area contributed by atoms with E-state index in [1.807, 2.05) is 13.8 Å². The van der Waals surface area contributed by atoms with E-state index in [1.165, 1.54) is 32.2 Å². The molecule has 6 nitrogen and oxygen atoms in total. The van der Waals surface area contributed by atoms with Crippen LogP contribution in [0.3, 0.4) is 0 Å². The monoisotopic (exact) mass is 360 g/mol. The number of carbonyl (C=O) groups excluding carboxylic acids is 2. The molecule has 2 rings (SSSR count). The Kier molecular flexibility index (Phi) is 6.16. The first kappa shape index (κ1) is 19.2. The van der Waals surface area contributed by atoms with Crippen LogP contribution >= 0.6 is 0 Å². The van der Waals surface area contributed by atoms with Crippen LogP contribution in [-0.2, 0) is 4.79 Å². The minimum absolute atomic E-state index is 0.00596. The Bertz CT molecular complexity index is 821. The lowest BCUT2D eigenvalue weighted by atomic mass is 10.1. The maximum atomic E-state index is 13.7. The van der Waals surface area contributed by atoms with E-state index in [4.69, 9.17) is 9.47 Å². The molecule has 7 heteroatoms. The molecule has 2 N–H and O–H groups in total. The average molecular weight is 360 g/mol. The summed E-state index contributed by atoms with van der Waals surface area (Å²) in [6, 6.07) is 8.75. The molecule has 0 aliphatic rings. The highest BCUT2D eigenvalue weighted by atomic mass is 19.1. The molecule has 2 aromatic carbocycles. The second-order valence-electron chi connectivity index (χ2n) is 5.86. The maximum Gasteiger partial charge on any atom is 0.255 e. The molecule has 0 bridgehead atoms. The zero-order chi connectivity index (χ0) is 19.3. The van der Waals surface area contributed by atoms with E-state index in [0.717, 1.165) is 0 Å². The van der Waals surface area contributed by atoms with Gasteiger partial charge in [0, 0.05) is 18.2 Å². The molecule has 0 radical (unpaired) electrons. The lowest BCUT2D eigenvalue weighted by Crippen LogP contribution is -2.14. The second kappa shape index (κ2) is 8.33. The summed E-state index contributed by atoms with van der Waals surface area (Å²) >= 11 is 0. The lowest BCUT2D eigenvalue weighted by Gasteiger charge is -2.14. The molecule has 2 amide bonds. The van der Waals surface area contributed by atoms with Gasteiger partial charge in [-0.05, 0) is 50.2 Å². The third kappa shape index (κ3) is 4.95. The van der Waals surface area contributed by atoms with Gasteiger partial charge in [0.15, 0.2) is 11.5 Å². The van der Waals surface area contributed by atoms with Crippen molar-refractivity contribution in [3.8, 4) is 11.5 Å². The first-order valence-electron chi connectivity index (χ1n) is 8.03. The van der Waals surface area contributed by atoms with Crippen molar-refractivity contribution in [2.75, 3.05) is 17.7 Å². The zero-order valence-electron chi connectivity index (χ0n) is 15.1. The molecule has 26 heavy (non-hydrogen) atoms. The standard InChI is InChI=1S/C19H21FN2O4/c1-11(2)26-17-8-5-13(9-18(17)25-4)19(24)22-14-6-7-15(20)16(10-14)21-12(3)23/h5-11H,1-4H3,(H,21,23)(H,22,24). The van der Waals surface area contributed by atoms with E-state index >= 15 is 0 Å². The van der Waals surface area contributed by atoms with E-state index in [9.17, 15) is 14.0 Å². The quantitative estimate of drug-likeness (QED) is 0.821. The fourth-order valence-electron chi connectivity index (χ4n) is 2.25. The maximum absolute atomic E-state index is 13.7. The molecule has 0 saturated heterocycles. The van der Waals surface area contributed by atoms with Gasteiger partial charge in [0.05, 0.1) is 18.9 Å². The summed E-state index contributed by atoms with van der Waals surface area (Å²) in [5.74, 6) is -0.425. The molecule has 0 heterocycles. The molecule has 0 spiro atoms. The van der Waals surface area contributed by atoms with Crippen LogP contribution in [0.1, 0.15) is 31.1 Å². The van der Waals surface area contributed by atoms with Crippen LogP contribution in [0.2, 0.25) is 0 Å². The number of rotatable bonds is 6. The van der Waals surface area contributed by atoms with E-state index in [2.05, 4.69) is 10.6 Å². The van der Waals surface area contributed by atoms with Gasteiger partial charge in [0.25, 0.3) is 5.91 Å². The number of carbonyl (C=O) groups is 2. The Morgan fingerprint density at radius 2 is 1.77 bits per heavy atom. The van der Waals surface area contributed by atoms with Gasteiger partial charge in [0.1, 0.15) is 5.82 Å². The van der Waals surface area contributed by atoms with Crippen LogP contribution in [0.25, 0.3) is 0 Å². The summed E-state index contributed by atoms with van der Waals surface area (Å²) in [5, 5.41) is 5.03. The third-order valence-electron chi connectivity index (χ3n) is 3.32. The van der Waals surface area contributed by atoms with Crippen LogP contribution < -0.4 is 20.1 Å². The molecule has 0 unspecified atom stereocenters. The van der Waals surface area contributed by atoms with E-state index in [0.29, 0.717) is 22.7 Å². The predicted octanol–water partition coefficient (Wildman–Crippen LogP) is 3.83. The van der Waals surface area contributed by atoms with Gasteiger partial charge in [0.2, 0.25) is 5.91 Å². The number of nitrogens with one attached hydrogen (secondary N) is 2. The summed E-state index contributed by atoms with van der Waals surface area (Å²) < 4.78 is 24.6. The van der Waals surface area contributed by atoms with Gasteiger partial charge in [-0.15, -0.1) is 0 Å². The van der Waals surface area contributed by atoms with E-state index < -0.39 is 17.6 Å². The SMILES string of the molecule is COc1cc(C(=O)Nc2ccc(F)c(NC(C)=O)c2)ccc1OC(C)C. The number of hydrogen-bond donors (Lipinski definition) is 2. The highest BCUT2D eigenvalue weighted by molar-refractivity contribution is 6.05. The van der Waals surface area contributed by atoms with E-state index in [-0.39, 0.29) is 11.8 Å². The van der Waals surface area contributed by atoms with Crippen molar-refractivity contribution in [3.05, 3.63) is 47.8 Å². The van der Waals surface area contributed by atoms with Crippen molar-refractivity contribution in [1.82, 2.24) is 0 Å². The van der Waals surface area contributed by atoms with Gasteiger partial charge in [-0.3, -0.25) is 9.59 Å². The number of halogens is 1. The number of anilines is 2. The summed E-state index contributed by atoms with van der Waals surface area (Å²) in [6.45, 7) is 5.06. The molecule has 0 aliphatic carbocycles. The Balaban J connectivity index is 2.21. The van der Waals surface area contributed by atoms with Crippen molar-refractivity contribution in [1.29, 1.82) is 0 Å². The highest BCUT2D eigenvalue weighted by Gasteiger charge is 2.13. The minimum Gasteiger partial charge on any atom is -0.493 e. The van der Waals surface area contributed by atoms with Gasteiger partial charge < -0.3 is 20.1 Å². The van der Waals surface area contributed by atoms with Crippen molar-refractivity contribution in [2.24, 2.45) is 0 Å². The second-order valence-corrected chi connectivity index (χ2v) is 5.86. The van der Waals surface area contributed by atoms with Crippen LogP contribution in [0.4, 0.5) is 15.8 Å². The molecule has 0 aromatic heterocycles. The minimum atomic E-state index is -0.588. The third-order valence-corrected chi connectivity index (χ3v) is 3.32. The summed E-state index contributed by atoms with van der Waals surface area (Å²) in [6.07, 6.45) is -0.0324. The van der Waals surface area contributed by atoms with Gasteiger partial charge in [-0.25, -0.2) is 4.39 Å². The Morgan fingerprint density at radius 1 is 1.04 bits per heavy atom. The molecule has 2 aromatic rings. The van der Waals surface area contributed by atoms with Crippen molar-refractivity contribution in [2.45, 2.75) is 26.9 Å². The largest absolute Gasteiger partial charge is 0.493 e. The Labute approximate surface area is 151 Å². The molecular weight excluding hydrogens is 339 g/mol. The van der Waals surface area contributed by atoms with Crippen LogP contribution in [0.15, 0.2) is 36.4 Å². The van der Waals surface area contributed by atoms with Crippen molar-refractivity contribution < 1.29 is 23.5 Å². The number of amides is 2. The van der Waals surface area contributed by atoms with Crippen molar-refractivity contribution in [3.63, 3.8) is 0 Å². The molecule has 0 saturated carbocycles. The first-order valence-corrected chi connectivity index (χ1v) is 8.03. The molecule has 138 valence electrons. The molecule has 0 fully saturated rings. The molecule has 0 atom stereocenters. The first-order chi connectivity index (χ1) is 12.3. The Hall–Kier alpha value is -3.09. The summed E-state index contributed by atoms with van der Waals surface area (Å²) in [5.41, 5.74) is 0.693. The van der Waals surface area contributed by atoms with Crippen LogP contribution in [0.5, 0.6) is 11.5 Å². The Morgan fingerprint density at radius 3 is 2.38 bits per heavy atom. The fourth-order valence-corrected chi connectivity index (χ4v) is 2.25. The normalized spacial score (nSPS) is 10.4. The van der Waals surface area contributed by atoms with Gasteiger partial charge in [-0.2, -0.15) is 0 Å². The topological polar surface area (TPSA) is 76.7 Å². The van der Waals surface area contributed by atoms with Gasteiger partial charge >= 0.3 is 0 Å².